The van der Waals surface area contributed by atoms with E-state index in [1.807, 2.05) is 18.2 Å². The molecule has 2 aromatic heterocycles. The number of anilines is 1. The molecule has 1 saturated heterocycles. The molecule has 136 valence electrons. The average molecular weight is 371 g/mol. The molecule has 1 aliphatic heterocycles. The molecule has 3 N–H and O–H groups in total. The van der Waals surface area contributed by atoms with Gasteiger partial charge in [-0.3, -0.25) is 14.7 Å². The Morgan fingerprint density at radius 1 is 1.38 bits per heavy atom. The lowest BCUT2D eigenvalue weighted by Gasteiger charge is -2.32. The highest BCUT2D eigenvalue weighted by molar-refractivity contribution is 7.22. The standard InChI is InChI=1S/C18H21N5O2S/c1-11-13(17(25)22-21-11)9-16(24)19-12-5-4-8-23(10-12)18-20-14-6-2-3-7-15(14)26-18/h2-3,6-7,12H,4-5,8-10H2,1H3,(H,19,24)(H2,21,22,25)/t12-/m0/s1. The number of benzene rings is 1. The Morgan fingerprint density at radius 2 is 2.23 bits per heavy atom. The molecule has 0 saturated carbocycles. The van der Waals surface area contributed by atoms with Gasteiger partial charge in [0.25, 0.3) is 5.56 Å². The molecular weight excluding hydrogens is 350 g/mol. The third kappa shape index (κ3) is 3.37. The van der Waals surface area contributed by atoms with E-state index in [4.69, 9.17) is 4.98 Å². The van der Waals surface area contributed by atoms with Gasteiger partial charge < -0.3 is 15.3 Å². The molecule has 0 spiro atoms. The van der Waals surface area contributed by atoms with Crippen molar-refractivity contribution in [2.75, 3.05) is 18.0 Å². The summed E-state index contributed by atoms with van der Waals surface area (Å²) in [6.07, 6.45) is 2.04. The molecule has 26 heavy (non-hydrogen) atoms. The number of rotatable bonds is 4. The summed E-state index contributed by atoms with van der Waals surface area (Å²) in [5, 5.41) is 9.34. The van der Waals surface area contributed by atoms with E-state index >= 15 is 0 Å². The van der Waals surface area contributed by atoms with Gasteiger partial charge in [0, 0.05) is 30.4 Å². The first-order chi connectivity index (χ1) is 12.6. The summed E-state index contributed by atoms with van der Waals surface area (Å²) in [6.45, 7) is 3.48. The number of hydrogen-bond donors (Lipinski definition) is 3. The molecule has 1 amide bonds. The van der Waals surface area contributed by atoms with Gasteiger partial charge in [-0.25, -0.2) is 4.98 Å². The number of aromatic amines is 2. The van der Waals surface area contributed by atoms with E-state index in [0.717, 1.165) is 36.6 Å². The first kappa shape index (κ1) is 16.8. The summed E-state index contributed by atoms with van der Waals surface area (Å²) in [5.41, 5.74) is 2.00. The number of para-hydroxylation sites is 1. The number of fused-ring (bicyclic) bond motifs is 1. The number of amides is 1. The van der Waals surface area contributed by atoms with Crippen molar-refractivity contribution >= 4 is 32.6 Å². The SMILES string of the molecule is Cc1[nH][nH]c(=O)c1CC(=O)N[C@H]1CCCN(c2nc3ccccc3s2)C1. The van der Waals surface area contributed by atoms with E-state index in [1.54, 1.807) is 18.3 Å². The minimum Gasteiger partial charge on any atom is -0.351 e. The van der Waals surface area contributed by atoms with Gasteiger partial charge in [-0.2, -0.15) is 0 Å². The Morgan fingerprint density at radius 3 is 3.00 bits per heavy atom. The normalized spacial score (nSPS) is 17.6. The maximum absolute atomic E-state index is 12.4. The Kier molecular flexibility index (Phi) is 4.50. The van der Waals surface area contributed by atoms with Crippen LogP contribution in [0.4, 0.5) is 5.13 Å². The predicted molar refractivity (Wildman–Crippen MR) is 103 cm³/mol. The van der Waals surface area contributed by atoms with Crippen molar-refractivity contribution < 1.29 is 4.79 Å². The van der Waals surface area contributed by atoms with Crippen molar-refractivity contribution in [1.82, 2.24) is 20.5 Å². The van der Waals surface area contributed by atoms with Crippen LogP contribution in [0, 0.1) is 6.92 Å². The summed E-state index contributed by atoms with van der Waals surface area (Å²) >= 11 is 1.68. The van der Waals surface area contributed by atoms with E-state index in [-0.39, 0.29) is 23.9 Å². The number of H-pyrrole nitrogens is 2. The largest absolute Gasteiger partial charge is 0.351 e. The number of hydrogen-bond acceptors (Lipinski definition) is 5. The number of carbonyl (C=O) groups excluding carboxylic acids is 1. The van der Waals surface area contributed by atoms with Crippen LogP contribution in [-0.4, -0.2) is 40.2 Å². The van der Waals surface area contributed by atoms with Gasteiger partial charge in [0.15, 0.2) is 5.13 Å². The number of nitrogens with zero attached hydrogens (tertiary/aromatic N) is 2. The first-order valence-corrected chi connectivity index (χ1v) is 9.58. The number of carbonyl (C=O) groups is 1. The van der Waals surface area contributed by atoms with E-state index < -0.39 is 0 Å². The Hall–Kier alpha value is -2.61. The van der Waals surface area contributed by atoms with Gasteiger partial charge in [-0.05, 0) is 31.9 Å². The van der Waals surface area contributed by atoms with Crippen molar-refractivity contribution in [3.63, 3.8) is 0 Å². The van der Waals surface area contributed by atoms with Crippen LogP contribution < -0.4 is 15.8 Å². The van der Waals surface area contributed by atoms with Crippen LogP contribution in [0.15, 0.2) is 29.1 Å². The molecule has 3 heterocycles. The topological polar surface area (TPSA) is 93.9 Å². The Bertz CT molecular complexity index is 956. The smallest absolute Gasteiger partial charge is 0.267 e. The van der Waals surface area contributed by atoms with E-state index in [9.17, 15) is 9.59 Å². The fourth-order valence-corrected chi connectivity index (χ4v) is 4.39. The molecule has 1 atom stereocenters. The number of thiazole rings is 1. The van der Waals surface area contributed by atoms with Crippen LogP contribution in [0.5, 0.6) is 0 Å². The van der Waals surface area contributed by atoms with Crippen LogP contribution in [0.3, 0.4) is 0 Å². The quantitative estimate of drug-likeness (QED) is 0.653. The van der Waals surface area contributed by atoms with Crippen LogP contribution in [-0.2, 0) is 11.2 Å². The summed E-state index contributed by atoms with van der Waals surface area (Å²) in [6, 6.07) is 8.19. The van der Waals surface area contributed by atoms with Crippen molar-refractivity contribution in [1.29, 1.82) is 0 Å². The molecule has 4 rings (SSSR count). The van der Waals surface area contributed by atoms with Gasteiger partial charge in [0.05, 0.1) is 16.6 Å². The van der Waals surface area contributed by atoms with Crippen LogP contribution >= 0.6 is 11.3 Å². The maximum Gasteiger partial charge on any atom is 0.267 e. The fourth-order valence-electron chi connectivity index (χ4n) is 3.39. The number of aromatic nitrogens is 3. The van der Waals surface area contributed by atoms with Gasteiger partial charge in [0.1, 0.15) is 0 Å². The molecule has 0 unspecified atom stereocenters. The van der Waals surface area contributed by atoms with E-state index in [0.29, 0.717) is 11.3 Å². The second-order valence-corrected chi connectivity index (χ2v) is 7.69. The lowest BCUT2D eigenvalue weighted by atomic mass is 10.1. The molecule has 1 aliphatic rings. The van der Waals surface area contributed by atoms with Crippen LogP contribution in [0.2, 0.25) is 0 Å². The molecule has 1 fully saturated rings. The van der Waals surface area contributed by atoms with E-state index in [1.165, 1.54) is 4.70 Å². The highest BCUT2D eigenvalue weighted by Crippen LogP contribution is 2.30. The summed E-state index contributed by atoms with van der Waals surface area (Å²) < 4.78 is 1.18. The van der Waals surface area contributed by atoms with Gasteiger partial charge in [-0.15, -0.1) is 0 Å². The molecule has 0 aliphatic carbocycles. The molecular formula is C18H21N5O2S. The van der Waals surface area contributed by atoms with Crippen molar-refractivity contribution in [3.8, 4) is 0 Å². The molecule has 7 nitrogen and oxygen atoms in total. The third-order valence-corrected chi connectivity index (χ3v) is 5.86. The van der Waals surface area contributed by atoms with Gasteiger partial charge in [0.2, 0.25) is 5.91 Å². The lowest BCUT2D eigenvalue weighted by Crippen LogP contribution is -2.48. The van der Waals surface area contributed by atoms with Gasteiger partial charge >= 0.3 is 0 Å². The molecule has 8 heteroatoms. The third-order valence-electron chi connectivity index (χ3n) is 4.77. The molecule has 1 aromatic carbocycles. The predicted octanol–water partition coefficient (Wildman–Crippen LogP) is 1.95. The molecule has 0 bridgehead atoms. The van der Waals surface area contributed by atoms with Crippen molar-refractivity contribution in [2.45, 2.75) is 32.2 Å². The second-order valence-electron chi connectivity index (χ2n) is 6.68. The second kappa shape index (κ2) is 6.95. The minimum atomic E-state index is -0.225. The zero-order chi connectivity index (χ0) is 18.1. The van der Waals surface area contributed by atoms with Crippen molar-refractivity contribution in [3.05, 3.63) is 45.9 Å². The Balaban J connectivity index is 1.42. The maximum atomic E-state index is 12.4. The van der Waals surface area contributed by atoms with Crippen LogP contribution in [0.25, 0.3) is 10.2 Å². The minimum absolute atomic E-state index is 0.0709. The number of piperidine rings is 1. The van der Waals surface area contributed by atoms with Crippen molar-refractivity contribution in [2.24, 2.45) is 0 Å². The zero-order valence-electron chi connectivity index (χ0n) is 14.5. The van der Waals surface area contributed by atoms with E-state index in [2.05, 4.69) is 26.5 Å². The first-order valence-electron chi connectivity index (χ1n) is 8.76. The lowest BCUT2D eigenvalue weighted by molar-refractivity contribution is -0.121. The molecule has 3 aromatic rings. The number of nitrogens with one attached hydrogen (secondary N) is 3. The van der Waals surface area contributed by atoms with Crippen LogP contribution in [0.1, 0.15) is 24.1 Å². The van der Waals surface area contributed by atoms with Gasteiger partial charge in [-0.1, -0.05) is 23.5 Å². The fraction of sp³-hybridized carbons (Fsp3) is 0.389. The summed E-state index contributed by atoms with van der Waals surface area (Å²) in [4.78, 5) is 31.0. The number of aryl methyl sites for hydroxylation is 1. The zero-order valence-corrected chi connectivity index (χ0v) is 15.4. The molecule has 0 radical (unpaired) electrons. The average Bonchev–Trinajstić information content (AvgIpc) is 3.20. The Labute approximate surface area is 154 Å². The summed E-state index contributed by atoms with van der Waals surface area (Å²) in [5.74, 6) is -0.116. The summed E-state index contributed by atoms with van der Waals surface area (Å²) in [7, 11) is 0. The monoisotopic (exact) mass is 371 g/mol. The highest BCUT2D eigenvalue weighted by Gasteiger charge is 2.24. The highest BCUT2D eigenvalue weighted by atomic mass is 32.1.